The van der Waals surface area contributed by atoms with Crippen molar-refractivity contribution in [2.75, 3.05) is 13.1 Å². The number of aryl methyl sites for hydroxylation is 1. The monoisotopic (exact) mass is 322 g/mol. The second-order valence-electron chi connectivity index (χ2n) is 5.52. The number of carbonyl (C=O) groups is 1. The van der Waals surface area contributed by atoms with Gasteiger partial charge in [0.1, 0.15) is 16.5 Å². The van der Waals surface area contributed by atoms with Crippen LogP contribution in [0.4, 0.5) is 8.78 Å². The average Bonchev–Trinajstić information content (AvgIpc) is 2.95. The molecule has 3 nitrogen and oxygen atoms in total. The highest BCUT2D eigenvalue weighted by Crippen LogP contribution is 2.30. The molecule has 1 aromatic heterocycles. The van der Waals surface area contributed by atoms with Gasteiger partial charge >= 0.3 is 0 Å². The van der Waals surface area contributed by atoms with Crippen molar-refractivity contribution < 1.29 is 13.6 Å². The molecule has 0 aliphatic carbocycles. The van der Waals surface area contributed by atoms with E-state index < -0.39 is 11.6 Å². The lowest BCUT2D eigenvalue weighted by Gasteiger charge is -2.33. The van der Waals surface area contributed by atoms with Gasteiger partial charge in [-0.3, -0.25) is 4.79 Å². The van der Waals surface area contributed by atoms with Crippen LogP contribution in [0.5, 0.6) is 0 Å². The maximum atomic E-state index is 13.9. The lowest BCUT2D eigenvalue weighted by molar-refractivity contribution is 0.0709. The van der Waals surface area contributed by atoms with Gasteiger partial charge < -0.3 is 4.90 Å². The molecule has 6 heteroatoms. The minimum absolute atomic E-state index is 0.0680. The Balaban J connectivity index is 1.81. The fourth-order valence-corrected chi connectivity index (χ4v) is 3.66. The zero-order valence-corrected chi connectivity index (χ0v) is 13.0. The van der Waals surface area contributed by atoms with Crippen molar-refractivity contribution in [2.45, 2.75) is 25.7 Å². The van der Waals surface area contributed by atoms with Crippen LogP contribution in [0.25, 0.3) is 0 Å². The highest BCUT2D eigenvalue weighted by Gasteiger charge is 2.28. The Morgan fingerprint density at radius 1 is 1.41 bits per heavy atom. The lowest BCUT2D eigenvalue weighted by Crippen LogP contribution is -2.39. The van der Waals surface area contributed by atoms with E-state index >= 15 is 0 Å². The highest BCUT2D eigenvalue weighted by atomic mass is 32.1. The molecule has 0 bridgehead atoms. The Hall–Kier alpha value is -1.82. The number of aromatic nitrogens is 1. The summed E-state index contributed by atoms with van der Waals surface area (Å²) >= 11 is 1.32. The van der Waals surface area contributed by atoms with Crippen molar-refractivity contribution in [3.8, 4) is 0 Å². The first-order valence-corrected chi connectivity index (χ1v) is 8.08. The quantitative estimate of drug-likeness (QED) is 0.844. The molecule has 2 heterocycles. The molecule has 3 rings (SSSR count). The van der Waals surface area contributed by atoms with Crippen LogP contribution in [0.2, 0.25) is 0 Å². The topological polar surface area (TPSA) is 33.2 Å². The first kappa shape index (κ1) is 15.1. The SMILES string of the molecule is Cc1ncsc1C(=O)N1CCCC(c2cc(F)ccc2F)C1. The molecular weight excluding hydrogens is 306 g/mol. The van der Waals surface area contributed by atoms with Crippen LogP contribution in [0.15, 0.2) is 23.7 Å². The highest BCUT2D eigenvalue weighted by molar-refractivity contribution is 7.11. The molecule has 1 aliphatic heterocycles. The van der Waals surface area contributed by atoms with Crippen LogP contribution >= 0.6 is 11.3 Å². The van der Waals surface area contributed by atoms with E-state index in [0.29, 0.717) is 29.2 Å². The number of rotatable bonds is 2. The first-order chi connectivity index (χ1) is 10.6. The predicted molar refractivity (Wildman–Crippen MR) is 81.1 cm³/mol. The third-order valence-corrected chi connectivity index (χ3v) is 4.96. The van der Waals surface area contributed by atoms with Gasteiger partial charge in [-0.25, -0.2) is 13.8 Å². The second kappa shape index (κ2) is 6.12. The Labute approximate surface area is 131 Å². The summed E-state index contributed by atoms with van der Waals surface area (Å²) in [5.41, 5.74) is 2.73. The fourth-order valence-electron chi connectivity index (χ4n) is 2.89. The van der Waals surface area contributed by atoms with E-state index in [2.05, 4.69) is 4.98 Å². The molecule has 0 N–H and O–H groups in total. The van der Waals surface area contributed by atoms with Gasteiger partial charge in [0.2, 0.25) is 0 Å². The van der Waals surface area contributed by atoms with Crippen molar-refractivity contribution in [3.05, 3.63) is 51.5 Å². The summed E-state index contributed by atoms with van der Waals surface area (Å²) in [7, 11) is 0. The lowest BCUT2D eigenvalue weighted by atomic mass is 9.90. The summed E-state index contributed by atoms with van der Waals surface area (Å²) in [6.07, 6.45) is 1.54. The molecule has 1 unspecified atom stereocenters. The number of nitrogens with zero attached hydrogens (tertiary/aromatic N) is 2. The Kier molecular flexibility index (Phi) is 4.20. The second-order valence-corrected chi connectivity index (χ2v) is 6.38. The maximum absolute atomic E-state index is 13.9. The van der Waals surface area contributed by atoms with Crippen LogP contribution in [0.1, 0.15) is 39.7 Å². The Morgan fingerprint density at radius 2 is 2.23 bits per heavy atom. The fraction of sp³-hybridized carbons (Fsp3) is 0.375. The van der Waals surface area contributed by atoms with Crippen molar-refractivity contribution in [1.82, 2.24) is 9.88 Å². The van der Waals surface area contributed by atoms with Gasteiger partial charge in [0.05, 0.1) is 11.2 Å². The van der Waals surface area contributed by atoms with Crippen LogP contribution in [0, 0.1) is 18.6 Å². The number of benzene rings is 1. The minimum Gasteiger partial charge on any atom is -0.337 e. The number of thiazole rings is 1. The van der Waals surface area contributed by atoms with Crippen LogP contribution in [-0.4, -0.2) is 28.9 Å². The average molecular weight is 322 g/mol. The van der Waals surface area contributed by atoms with Gasteiger partial charge in [0, 0.05) is 19.0 Å². The van der Waals surface area contributed by atoms with Gasteiger partial charge in [0.15, 0.2) is 0 Å². The normalized spacial score (nSPS) is 18.5. The molecule has 1 saturated heterocycles. The molecular formula is C16H16F2N2OS. The number of hydrogen-bond acceptors (Lipinski definition) is 3. The molecule has 1 aliphatic rings. The van der Waals surface area contributed by atoms with Crippen LogP contribution < -0.4 is 0 Å². The summed E-state index contributed by atoms with van der Waals surface area (Å²) in [5, 5.41) is 0. The van der Waals surface area contributed by atoms with Crippen molar-refractivity contribution >= 4 is 17.2 Å². The van der Waals surface area contributed by atoms with Crippen molar-refractivity contribution in [2.24, 2.45) is 0 Å². The number of carbonyl (C=O) groups excluding carboxylic acids is 1. The molecule has 22 heavy (non-hydrogen) atoms. The standard InChI is InChI=1S/C16H16F2N2OS/c1-10-15(22-9-19-10)16(21)20-6-2-3-11(8-20)13-7-12(17)4-5-14(13)18/h4-5,7,9,11H,2-3,6,8H2,1H3. The Bertz CT molecular complexity index is 701. The van der Waals surface area contributed by atoms with Crippen molar-refractivity contribution in [3.63, 3.8) is 0 Å². The maximum Gasteiger partial charge on any atom is 0.265 e. The number of amides is 1. The molecule has 2 aromatic rings. The third kappa shape index (κ3) is 2.88. The molecule has 1 aromatic carbocycles. The summed E-state index contributed by atoms with van der Waals surface area (Å²) < 4.78 is 27.3. The van der Waals surface area contributed by atoms with E-state index in [1.54, 1.807) is 17.3 Å². The number of hydrogen-bond donors (Lipinski definition) is 0. The summed E-state index contributed by atoms with van der Waals surface area (Å²) in [6, 6.07) is 3.51. The number of likely N-dealkylation sites (tertiary alicyclic amines) is 1. The number of piperidine rings is 1. The zero-order valence-electron chi connectivity index (χ0n) is 12.2. The third-order valence-electron chi connectivity index (χ3n) is 4.05. The molecule has 1 fully saturated rings. The van der Waals surface area contributed by atoms with Crippen molar-refractivity contribution in [1.29, 1.82) is 0 Å². The largest absolute Gasteiger partial charge is 0.337 e. The van der Waals surface area contributed by atoms with E-state index in [0.717, 1.165) is 25.0 Å². The molecule has 116 valence electrons. The van der Waals surface area contributed by atoms with Gasteiger partial charge in [-0.05, 0) is 43.5 Å². The van der Waals surface area contributed by atoms with Gasteiger partial charge in [0.25, 0.3) is 5.91 Å². The predicted octanol–water partition coefficient (Wildman–Crippen LogP) is 3.75. The molecule has 0 spiro atoms. The van der Waals surface area contributed by atoms with Gasteiger partial charge in [-0.15, -0.1) is 11.3 Å². The molecule has 0 saturated carbocycles. The van der Waals surface area contributed by atoms with Gasteiger partial charge in [-0.1, -0.05) is 0 Å². The summed E-state index contributed by atoms with van der Waals surface area (Å²) in [5.74, 6) is -1.09. The summed E-state index contributed by atoms with van der Waals surface area (Å²) in [6.45, 7) is 2.86. The molecule has 0 radical (unpaired) electrons. The minimum atomic E-state index is -0.446. The van der Waals surface area contributed by atoms with Crippen LogP contribution in [0.3, 0.4) is 0 Å². The molecule has 1 atom stereocenters. The van der Waals surface area contributed by atoms with Gasteiger partial charge in [-0.2, -0.15) is 0 Å². The number of halogens is 2. The van der Waals surface area contributed by atoms with E-state index in [1.165, 1.54) is 17.4 Å². The van der Waals surface area contributed by atoms with E-state index in [9.17, 15) is 13.6 Å². The van der Waals surface area contributed by atoms with E-state index in [1.807, 2.05) is 0 Å². The zero-order chi connectivity index (χ0) is 15.7. The van der Waals surface area contributed by atoms with Crippen LogP contribution in [-0.2, 0) is 0 Å². The molecule has 1 amide bonds. The summed E-state index contributed by atoms with van der Waals surface area (Å²) in [4.78, 5) is 19.0. The Morgan fingerprint density at radius 3 is 2.95 bits per heavy atom. The smallest absolute Gasteiger partial charge is 0.265 e. The first-order valence-electron chi connectivity index (χ1n) is 7.20. The van der Waals surface area contributed by atoms with E-state index in [4.69, 9.17) is 0 Å². The van der Waals surface area contributed by atoms with E-state index in [-0.39, 0.29) is 11.8 Å².